The fraction of sp³-hybridized carbons (Fsp3) is 0.538. The minimum atomic E-state index is -3.61. The summed E-state index contributed by atoms with van der Waals surface area (Å²) in [4.78, 5) is 2.26. The smallest absolute Gasteiger partial charge is 0.242 e. The van der Waals surface area contributed by atoms with Crippen molar-refractivity contribution in [2.45, 2.75) is 17.7 Å². The lowest BCUT2D eigenvalue weighted by Gasteiger charge is -2.29. The summed E-state index contributed by atoms with van der Waals surface area (Å²) in [7, 11) is -1.56. The summed E-state index contributed by atoms with van der Waals surface area (Å²) in [6, 6.07) is 4.47. The molecule has 7 heteroatoms. The maximum absolute atomic E-state index is 12.3. The van der Waals surface area contributed by atoms with Crippen LogP contribution in [0.15, 0.2) is 23.1 Å². The molecule has 0 spiro atoms. The first-order chi connectivity index (χ1) is 9.38. The lowest BCUT2D eigenvalue weighted by atomic mass is 9.99. The largest absolute Gasteiger partial charge is 0.399 e. The Morgan fingerprint density at radius 1 is 1.50 bits per heavy atom. The first-order valence-corrected chi connectivity index (χ1v) is 8.48. The molecule has 1 aliphatic rings. The van der Waals surface area contributed by atoms with E-state index < -0.39 is 10.0 Å². The minimum absolute atomic E-state index is 0.0448. The number of nitrogens with zero attached hydrogens (tertiary/aromatic N) is 1. The number of anilines is 1. The van der Waals surface area contributed by atoms with Crippen molar-refractivity contribution in [2.24, 2.45) is 5.92 Å². The summed E-state index contributed by atoms with van der Waals surface area (Å²) < 4.78 is 27.2. The van der Waals surface area contributed by atoms with Crippen LogP contribution in [0.25, 0.3) is 0 Å². The van der Waals surface area contributed by atoms with Crippen LogP contribution >= 0.6 is 11.6 Å². The van der Waals surface area contributed by atoms with E-state index in [0.29, 0.717) is 18.2 Å². The third kappa shape index (κ3) is 3.85. The quantitative estimate of drug-likeness (QED) is 0.826. The third-order valence-electron chi connectivity index (χ3n) is 3.53. The van der Waals surface area contributed by atoms with Gasteiger partial charge in [0.25, 0.3) is 0 Å². The van der Waals surface area contributed by atoms with Crippen molar-refractivity contribution in [3.63, 3.8) is 0 Å². The van der Waals surface area contributed by atoms with Crippen molar-refractivity contribution in [3.05, 3.63) is 23.2 Å². The number of nitrogens with one attached hydrogen (secondary N) is 1. The molecule has 1 aliphatic heterocycles. The highest BCUT2D eigenvalue weighted by Crippen LogP contribution is 2.24. The van der Waals surface area contributed by atoms with E-state index in [-0.39, 0.29) is 9.92 Å². The summed E-state index contributed by atoms with van der Waals surface area (Å²) in [6.45, 7) is 2.41. The zero-order valence-electron chi connectivity index (χ0n) is 11.5. The van der Waals surface area contributed by atoms with Crippen LogP contribution in [0.1, 0.15) is 12.8 Å². The molecule has 0 amide bonds. The molecule has 1 fully saturated rings. The number of likely N-dealkylation sites (tertiary alicyclic amines) is 1. The predicted molar refractivity (Wildman–Crippen MR) is 81.3 cm³/mol. The Bertz CT molecular complexity index is 577. The molecule has 1 aromatic carbocycles. The van der Waals surface area contributed by atoms with E-state index in [0.717, 1.165) is 25.9 Å². The van der Waals surface area contributed by atoms with E-state index in [1.165, 1.54) is 12.1 Å². The van der Waals surface area contributed by atoms with E-state index in [4.69, 9.17) is 17.3 Å². The van der Waals surface area contributed by atoms with E-state index in [2.05, 4.69) is 16.7 Å². The monoisotopic (exact) mass is 317 g/mol. The van der Waals surface area contributed by atoms with Crippen LogP contribution in [0.3, 0.4) is 0 Å². The van der Waals surface area contributed by atoms with Gasteiger partial charge in [0.2, 0.25) is 10.0 Å². The Labute approximate surface area is 125 Å². The van der Waals surface area contributed by atoms with E-state index in [1.807, 2.05) is 0 Å². The maximum atomic E-state index is 12.3. The van der Waals surface area contributed by atoms with Crippen LogP contribution in [-0.4, -0.2) is 40.0 Å². The number of nitrogens with two attached hydrogens (primary N) is 1. The highest BCUT2D eigenvalue weighted by atomic mass is 35.5. The first kappa shape index (κ1) is 15.6. The standard InChI is InChI=1S/C13H20ClN3O2S/c1-17-6-2-3-10(9-17)8-16-20(18,19)13-7-11(15)4-5-12(13)14/h4-5,7,10,16H,2-3,6,8-9,15H2,1H3. The number of sulfonamides is 1. The molecule has 0 aliphatic carbocycles. The second-order valence-corrected chi connectivity index (χ2v) is 7.45. The maximum Gasteiger partial charge on any atom is 0.242 e. The number of halogens is 1. The molecule has 1 saturated heterocycles. The average Bonchev–Trinajstić information content (AvgIpc) is 2.39. The average molecular weight is 318 g/mol. The van der Waals surface area contributed by atoms with Gasteiger partial charge >= 0.3 is 0 Å². The van der Waals surface area contributed by atoms with Crippen molar-refractivity contribution in [1.29, 1.82) is 0 Å². The van der Waals surface area contributed by atoms with Gasteiger partial charge in [-0.15, -0.1) is 0 Å². The molecule has 1 aromatic rings. The van der Waals surface area contributed by atoms with Crippen LogP contribution in [0.2, 0.25) is 5.02 Å². The second-order valence-electron chi connectivity index (χ2n) is 5.31. The molecule has 112 valence electrons. The molecule has 20 heavy (non-hydrogen) atoms. The highest BCUT2D eigenvalue weighted by Gasteiger charge is 2.22. The van der Waals surface area contributed by atoms with Crippen molar-refractivity contribution in [1.82, 2.24) is 9.62 Å². The Balaban J connectivity index is 2.05. The van der Waals surface area contributed by atoms with Crippen LogP contribution in [0.4, 0.5) is 5.69 Å². The zero-order chi connectivity index (χ0) is 14.8. The Morgan fingerprint density at radius 2 is 2.25 bits per heavy atom. The number of nitrogen functional groups attached to an aromatic ring is 1. The van der Waals surface area contributed by atoms with E-state index in [1.54, 1.807) is 6.07 Å². The van der Waals surface area contributed by atoms with Crippen molar-refractivity contribution >= 4 is 27.3 Å². The van der Waals surface area contributed by atoms with Gasteiger partial charge in [-0.3, -0.25) is 0 Å². The van der Waals surface area contributed by atoms with Gasteiger partial charge in [0.05, 0.1) is 5.02 Å². The number of hydrogen-bond donors (Lipinski definition) is 2. The Morgan fingerprint density at radius 3 is 2.95 bits per heavy atom. The lowest BCUT2D eigenvalue weighted by Crippen LogP contribution is -2.39. The molecule has 0 saturated carbocycles. The number of hydrogen-bond acceptors (Lipinski definition) is 4. The highest BCUT2D eigenvalue weighted by molar-refractivity contribution is 7.89. The summed E-state index contributed by atoms with van der Waals surface area (Å²) in [6.07, 6.45) is 2.14. The summed E-state index contributed by atoms with van der Waals surface area (Å²) in [5.74, 6) is 0.336. The molecule has 1 unspecified atom stereocenters. The van der Waals surface area contributed by atoms with E-state index in [9.17, 15) is 8.42 Å². The number of rotatable bonds is 4. The van der Waals surface area contributed by atoms with Crippen molar-refractivity contribution in [3.8, 4) is 0 Å². The van der Waals surface area contributed by atoms with Crippen LogP contribution in [-0.2, 0) is 10.0 Å². The molecule has 1 heterocycles. The van der Waals surface area contributed by atoms with Gasteiger partial charge in [0.15, 0.2) is 0 Å². The Kier molecular flexibility index (Phi) is 4.90. The molecule has 2 rings (SSSR count). The van der Waals surface area contributed by atoms with Crippen LogP contribution < -0.4 is 10.5 Å². The molecule has 0 aromatic heterocycles. The molecule has 1 atom stereocenters. The van der Waals surface area contributed by atoms with Gasteiger partial charge in [0, 0.05) is 18.8 Å². The normalized spacial score (nSPS) is 21.0. The third-order valence-corrected chi connectivity index (χ3v) is 5.43. The predicted octanol–water partition coefficient (Wildman–Crippen LogP) is 1.54. The van der Waals surface area contributed by atoms with Crippen LogP contribution in [0, 0.1) is 5.92 Å². The molecule has 5 nitrogen and oxygen atoms in total. The lowest BCUT2D eigenvalue weighted by molar-refractivity contribution is 0.211. The summed E-state index contributed by atoms with van der Waals surface area (Å²) in [5.41, 5.74) is 6.01. The van der Waals surface area contributed by atoms with Gasteiger partial charge in [-0.2, -0.15) is 0 Å². The molecule has 3 N–H and O–H groups in total. The fourth-order valence-electron chi connectivity index (χ4n) is 2.47. The molecule has 0 radical (unpaired) electrons. The van der Waals surface area contributed by atoms with Gasteiger partial charge in [-0.05, 0) is 50.6 Å². The minimum Gasteiger partial charge on any atom is -0.399 e. The van der Waals surface area contributed by atoms with Crippen LogP contribution in [0.5, 0.6) is 0 Å². The number of piperidine rings is 1. The topological polar surface area (TPSA) is 75.4 Å². The summed E-state index contributed by atoms with van der Waals surface area (Å²) in [5, 5.41) is 0.187. The van der Waals surface area contributed by atoms with Crippen molar-refractivity contribution in [2.75, 3.05) is 32.4 Å². The van der Waals surface area contributed by atoms with Gasteiger partial charge < -0.3 is 10.6 Å². The SMILES string of the molecule is CN1CCCC(CNS(=O)(=O)c2cc(N)ccc2Cl)C1. The van der Waals surface area contributed by atoms with Gasteiger partial charge in [-0.1, -0.05) is 11.6 Å². The van der Waals surface area contributed by atoms with Crippen molar-refractivity contribution < 1.29 is 8.42 Å². The molecule has 0 bridgehead atoms. The van der Waals surface area contributed by atoms with Gasteiger partial charge in [-0.25, -0.2) is 13.1 Å². The van der Waals surface area contributed by atoms with E-state index >= 15 is 0 Å². The van der Waals surface area contributed by atoms with Gasteiger partial charge in [0.1, 0.15) is 4.90 Å². The Hall–Kier alpha value is -0.820. The zero-order valence-corrected chi connectivity index (χ0v) is 13.0. The molecular formula is C13H20ClN3O2S. The first-order valence-electron chi connectivity index (χ1n) is 6.62. The fourth-order valence-corrected chi connectivity index (χ4v) is 4.12. The molecular weight excluding hydrogens is 298 g/mol. The summed E-state index contributed by atoms with van der Waals surface area (Å²) >= 11 is 5.94. The number of benzene rings is 1. The second kappa shape index (κ2) is 6.30.